The Morgan fingerprint density at radius 3 is 2.29 bits per heavy atom. The van der Waals surface area contributed by atoms with Gasteiger partial charge in [-0.1, -0.05) is 84.5 Å². The summed E-state index contributed by atoms with van der Waals surface area (Å²) in [6.07, 6.45) is 21.6. The van der Waals surface area contributed by atoms with E-state index in [9.17, 15) is 5.26 Å². The summed E-state index contributed by atoms with van der Waals surface area (Å²) in [5.41, 5.74) is 0.0371. The van der Waals surface area contributed by atoms with Gasteiger partial charge in [0.2, 0.25) is 0 Å². The minimum Gasteiger partial charge on any atom is -0.198 e. The number of nitrogens with zero attached hydrogens (tertiary/aromatic N) is 1. The van der Waals surface area contributed by atoms with Crippen LogP contribution < -0.4 is 0 Å². The highest BCUT2D eigenvalue weighted by Crippen LogP contribution is 2.48. The number of unbranched alkanes of at least 4 members (excludes halogenated alkanes) is 4. The van der Waals surface area contributed by atoms with Crippen LogP contribution in [0.5, 0.6) is 0 Å². The van der Waals surface area contributed by atoms with Gasteiger partial charge >= 0.3 is 0 Å². The molecule has 138 valence electrons. The Morgan fingerprint density at radius 2 is 1.62 bits per heavy atom. The Bertz CT molecular complexity index is 374. The van der Waals surface area contributed by atoms with Crippen LogP contribution in [0, 0.1) is 34.5 Å². The second-order valence-corrected chi connectivity index (χ2v) is 8.98. The lowest BCUT2D eigenvalue weighted by atomic mass is 9.62. The van der Waals surface area contributed by atoms with Crippen LogP contribution in [0.4, 0.5) is 0 Å². The van der Waals surface area contributed by atoms with Gasteiger partial charge in [-0.2, -0.15) is 5.26 Å². The molecule has 0 aromatic heterocycles. The molecule has 0 aliphatic heterocycles. The van der Waals surface area contributed by atoms with Crippen LogP contribution in [0.1, 0.15) is 117 Å². The third-order valence-corrected chi connectivity index (χ3v) is 7.13. The van der Waals surface area contributed by atoms with Gasteiger partial charge in [-0.25, -0.2) is 0 Å². The van der Waals surface area contributed by atoms with Crippen molar-refractivity contribution in [1.82, 2.24) is 0 Å². The van der Waals surface area contributed by atoms with Crippen LogP contribution in [0.3, 0.4) is 0 Å². The van der Waals surface area contributed by atoms with Gasteiger partial charge in [0, 0.05) is 0 Å². The van der Waals surface area contributed by atoms with E-state index >= 15 is 0 Å². The molecule has 0 aromatic carbocycles. The standard InChI is InChI=1S/C23H41N/c1-3-5-6-7-8-16-23(19-24)17-9-11-22(18-23)21-14-12-20(10-4-2)13-15-21/h20-22H,3-18H2,1-2H3/t20-,21-,22?,23?. The number of rotatable bonds is 9. The molecular weight excluding hydrogens is 290 g/mol. The highest BCUT2D eigenvalue weighted by molar-refractivity contribution is 5.03. The molecule has 1 nitrogen and oxygen atoms in total. The van der Waals surface area contributed by atoms with Gasteiger partial charge in [0.25, 0.3) is 0 Å². The summed E-state index contributed by atoms with van der Waals surface area (Å²) >= 11 is 0. The van der Waals surface area contributed by atoms with Crippen molar-refractivity contribution < 1.29 is 0 Å². The highest BCUT2D eigenvalue weighted by Gasteiger charge is 2.39. The molecule has 2 aliphatic carbocycles. The lowest BCUT2D eigenvalue weighted by Gasteiger charge is -2.42. The van der Waals surface area contributed by atoms with Crippen molar-refractivity contribution in [2.75, 3.05) is 0 Å². The highest BCUT2D eigenvalue weighted by atomic mass is 14.5. The predicted octanol–water partition coefficient (Wildman–Crippen LogP) is 7.65. The monoisotopic (exact) mass is 331 g/mol. The van der Waals surface area contributed by atoms with Crippen molar-refractivity contribution in [3.63, 3.8) is 0 Å². The van der Waals surface area contributed by atoms with Crippen LogP contribution in [0.25, 0.3) is 0 Å². The molecule has 24 heavy (non-hydrogen) atoms. The Balaban J connectivity index is 1.80. The van der Waals surface area contributed by atoms with Crippen LogP contribution in [0.15, 0.2) is 0 Å². The third kappa shape index (κ3) is 5.79. The topological polar surface area (TPSA) is 23.8 Å². The van der Waals surface area contributed by atoms with E-state index in [1.54, 1.807) is 0 Å². The fourth-order valence-electron chi connectivity index (χ4n) is 5.62. The smallest absolute Gasteiger partial charge is 0.0689 e. The Labute approximate surface area is 151 Å². The molecule has 0 bridgehead atoms. The molecule has 2 saturated carbocycles. The van der Waals surface area contributed by atoms with Crippen molar-refractivity contribution >= 4 is 0 Å². The van der Waals surface area contributed by atoms with Gasteiger partial charge < -0.3 is 0 Å². The molecule has 2 unspecified atom stereocenters. The van der Waals surface area contributed by atoms with Crippen molar-refractivity contribution in [1.29, 1.82) is 5.26 Å². The Kier molecular flexibility index (Phi) is 8.65. The first-order chi connectivity index (χ1) is 11.7. The van der Waals surface area contributed by atoms with E-state index in [2.05, 4.69) is 19.9 Å². The molecular formula is C23H41N. The van der Waals surface area contributed by atoms with E-state index in [1.807, 2.05) is 0 Å². The molecule has 0 N–H and O–H groups in total. The quantitative estimate of drug-likeness (QED) is 0.398. The van der Waals surface area contributed by atoms with E-state index in [4.69, 9.17) is 0 Å². The molecule has 0 spiro atoms. The van der Waals surface area contributed by atoms with Crippen molar-refractivity contribution in [3.8, 4) is 6.07 Å². The van der Waals surface area contributed by atoms with Gasteiger partial charge in [-0.05, 0) is 49.9 Å². The number of hydrogen-bond acceptors (Lipinski definition) is 1. The van der Waals surface area contributed by atoms with Crippen LogP contribution in [0.2, 0.25) is 0 Å². The maximum absolute atomic E-state index is 9.92. The second kappa shape index (κ2) is 10.5. The summed E-state index contributed by atoms with van der Waals surface area (Å²) in [6.45, 7) is 4.60. The lowest BCUT2D eigenvalue weighted by Crippen LogP contribution is -2.32. The number of nitriles is 1. The average Bonchev–Trinajstić information content (AvgIpc) is 2.63. The van der Waals surface area contributed by atoms with Crippen molar-refractivity contribution in [3.05, 3.63) is 0 Å². The zero-order valence-electron chi connectivity index (χ0n) is 16.5. The lowest BCUT2D eigenvalue weighted by molar-refractivity contribution is 0.102. The van der Waals surface area contributed by atoms with Gasteiger partial charge in [0.05, 0.1) is 11.5 Å². The molecule has 0 radical (unpaired) electrons. The van der Waals surface area contributed by atoms with Crippen LogP contribution >= 0.6 is 0 Å². The maximum Gasteiger partial charge on any atom is 0.0689 e. The summed E-state index contributed by atoms with van der Waals surface area (Å²) in [4.78, 5) is 0. The molecule has 1 heteroatoms. The summed E-state index contributed by atoms with van der Waals surface area (Å²) in [5.74, 6) is 2.80. The van der Waals surface area contributed by atoms with Crippen LogP contribution in [-0.4, -0.2) is 0 Å². The summed E-state index contributed by atoms with van der Waals surface area (Å²) < 4.78 is 0. The SMILES string of the molecule is CCCCCCCC1(C#N)CCCC([C@H]2CC[C@H](CCC)CC2)C1. The van der Waals surface area contributed by atoms with E-state index in [0.29, 0.717) is 0 Å². The predicted molar refractivity (Wildman–Crippen MR) is 104 cm³/mol. The van der Waals surface area contributed by atoms with Crippen molar-refractivity contribution in [2.45, 2.75) is 117 Å². The largest absolute Gasteiger partial charge is 0.198 e. The molecule has 2 atom stereocenters. The zero-order valence-corrected chi connectivity index (χ0v) is 16.5. The summed E-state index contributed by atoms with van der Waals surface area (Å²) in [6, 6.07) is 2.81. The molecule has 0 aromatic rings. The summed E-state index contributed by atoms with van der Waals surface area (Å²) in [7, 11) is 0. The molecule has 2 aliphatic rings. The zero-order chi connectivity index (χ0) is 17.3. The first kappa shape index (κ1) is 19.8. The van der Waals surface area contributed by atoms with E-state index < -0.39 is 0 Å². The fourth-order valence-corrected chi connectivity index (χ4v) is 5.62. The molecule has 2 rings (SSSR count). The number of hydrogen-bond donors (Lipinski definition) is 0. The molecule has 0 amide bonds. The normalized spacial score (nSPS) is 34.0. The minimum absolute atomic E-state index is 0.0371. The van der Waals surface area contributed by atoms with E-state index in [0.717, 1.165) is 17.8 Å². The van der Waals surface area contributed by atoms with Gasteiger partial charge in [0.15, 0.2) is 0 Å². The minimum atomic E-state index is 0.0371. The molecule has 2 fully saturated rings. The average molecular weight is 332 g/mol. The molecule has 0 heterocycles. The summed E-state index contributed by atoms with van der Waals surface area (Å²) in [5, 5.41) is 9.92. The van der Waals surface area contributed by atoms with E-state index in [1.165, 1.54) is 103 Å². The van der Waals surface area contributed by atoms with Crippen LogP contribution in [-0.2, 0) is 0 Å². The van der Waals surface area contributed by atoms with Gasteiger partial charge in [0.1, 0.15) is 0 Å². The Morgan fingerprint density at radius 1 is 0.875 bits per heavy atom. The first-order valence-electron chi connectivity index (χ1n) is 11.1. The third-order valence-electron chi connectivity index (χ3n) is 7.13. The van der Waals surface area contributed by atoms with Gasteiger partial charge in [-0.3, -0.25) is 0 Å². The second-order valence-electron chi connectivity index (χ2n) is 8.98. The fraction of sp³-hybridized carbons (Fsp3) is 0.957. The maximum atomic E-state index is 9.92. The van der Waals surface area contributed by atoms with E-state index in [-0.39, 0.29) is 5.41 Å². The van der Waals surface area contributed by atoms with Crippen molar-refractivity contribution in [2.24, 2.45) is 23.2 Å². The Hall–Kier alpha value is -0.510. The molecule has 0 saturated heterocycles. The first-order valence-corrected chi connectivity index (χ1v) is 11.1. The van der Waals surface area contributed by atoms with Gasteiger partial charge in [-0.15, -0.1) is 0 Å².